The maximum atomic E-state index is 10.2. The zero-order valence-electron chi connectivity index (χ0n) is 17.0. The van der Waals surface area contributed by atoms with E-state index in [2.05, 4.69) is 30.1 Å². The SMILES string of the molecule is CCCCCCCCCCCCCCC(O)CSc1nc2ccccc2s1. The zero-order chi connectivity index (χ0) is 19.2. The molecule has 1 atom stereocenters. The van der Waals surface area contributed by atoms with Crippen molar-refractivity contribution in [2.45, 2.75) is 101 Å². The van der Waals surface area contributed by atoms with Crippen LogP contribution in [0.4, 0.5) is 0 Å². The number of para-hydroxylation sites is 1. The van der Waals surface area contributed by atoms with Crippen molar-refractivity contribution in [3.8, 4) is 0 Å². The molecular formula is C23H37NOS2. The molecule has 1 N–H and O–H groups in total. The highest BCUT2D eigenvalue weighted by atomic mass is 32.2. The molecule has 0 aliphatic carbocycles. The smallest absolute Gasteiger partial charge is 0.151 e. The van der Waals surface area contributed by atoms with Gasteiger partial charge in [0.2, 0.25) is 0 Å². The lowest BCUT2D eigenvalue weighted by Crippen LogP contribution is -2.09. The van der Waals surface area contributed by atoms with E-state index < -0.39 is 0 Å². The summed E-state index contributed by atoms with van der Waals surface area (Å²) in [6.45, 7) is 2.28. The van der Waals surface area contributed by atoms with Crippen molar-refractivity contribution in [3.63, 3.8) is 0 Å². The lowest BCUT2D eigenvalue weighted by Gasteiger charge is -2.09. The Morgan fingerprint density at radius 1 is 0.889 bits per heavy atom. The van der Waals surface area contributed by atoms with Crippen LogP contribution in [-0.4, -0.2) is 21.9 Å². The van der Waals surface area contributed by atoms with Gasteiger partial charge in [0.25, 0.3) is 0 Å². The predicted octanol–water partition coefficient (Wildman–Crippen LogP) is 7.84. The number of thioether (sulfide) groups is 1. The van der Waals surface area contributed by atoms with Crippen LogP contribution in [0.15, 0.2) is 28.6 Å². The molecule has 0 saturated heterocycles. The molecule has 0 bridgehead atoms. The van der Waals surface area contributed by atoms with Crippen molar-refractivity contribution in [3.05, 3.63) is 24.3 Å². The molecule has 0 spiro atoms. The first-order valence-electron chi connectivity index (χ1n) is 11.0. The molecule has 2 nitrogen and oxygen atoms in total. The van der Waals surface area contributed by atoms with Gasteiger partial charge >= 0.3 is 0 Å². The highest BCUT2D eigenvalue weighted by molar-refractivity contribution is 8.01. The molecule has 1 aromatic heterocycles. The van der Waals surface area contributed by atoms with Gasteiger partial charge in [-0.1, -0.05) is 108 Å². The van der Waals surface area contributed by atoms with E-state index in [-0.39, 0.29) is 6.10 Å². The molecule has 0 amide bonds. The molecule has 1 heterocycles. The Balaban J connectivity index is 1.41. The number of hydrogen-bond donors (Lipinski definition) is 1. The zero-order valence-corrected chi connectivity index (χ0v) is 18.6. The van der Waals surface area contributed by atoms with Crippen molar-refractivity contribution >= 4 is 33.3 Å². The van der Waals surface area contributed by atoms with Gasteiger partial charge in [-0.25, -0.2) is 4.98 Å². The van der Waals surface area contributed by atoms with Gasteiger partial charge < -0.3 is 5.11 Å². The number of aliphatic hydroxyl groups excluding tert-OH is 1. The minimum Gasteiger partial charge on any atom is -0.392 e. The van der Waals surface area contributed by atoms with Crippen LogP contribution in [0.25, 0.3) is 10.2 Å². The van der Waals surface area contributed by atoms with Crippen LogP contribution in [0, 0.1) is 0 Å². The van der Waals surface area contributed by atoms with E-state index in [9.17, 15) is 5.11 Å². The molecule has 1 unspecified atom stereocenters. The molecule has 2 rings (SSSR count). The van der Waals surface area contributed by atoms with E-state index in [1.807, 2.05) is 6.07 Å². The number of aliphatic hydroxyl groups is 1. The Bertz CT molecular complexity index is 580. The monoisotopic (exact) mass is 407 g/mol. The summed E-state index contributed by atoms with van der Waals surface area (Å²) in [5.41, 5.74) is 1.07. The minimum atomic E-state index is -0.204. The standard InChI is InChI=1S/C23H37NOS2/c1-2-3-4-5-6-7-8-9-10-11-12-13-16-20(25)19-26-23-24-21-17-14-15-18-22(21)27-23/h14-15,17-18,20,25H,2-13,16,19H2,1H3. The topological polar surface area (TPSA) is 33.1 Å². The summed E-state index contributed by atoms with van der Waals surface area (Å²) in [5, 5.41) is 10.2. The maximum Gasteiger partial charge on any atom is 0.151 e. The average Bonchev–Trinajstić information content (AvgIpc) is 3.10. The maximum absolute atomic E-state index is 10.2. The lowest BCUT2D eigenvalue weighted by atomic mass is 10.0. The van der Waals surface area contributed by atoms with E-state index in [1.165, 1.54) is 75.3 Å². The fourth-order valence-corrected chi connectivity index (χ4v) is 5.46. The van der Waals surface area contributed by atoms with Crippen LogP contribution in [0.5, 0.6) is 0 Å². The van der Waals surface area contributed by atoms with Gasteiger partial charge in [-0.15, -0.1) is 11.3 Å². The van der Waals surface area contributed by atoms with Crippen LogP contribution >= 0.6 is 23.1 Å². The average molecular weight is 408 g/mol. The summed E-state index contributed by atoms with van der Waals surface area (Å²) in [6, 6.07) is 8.25. The third-order valence-corrected chi connectivity index (χ3v) is 7.39. The number of thiazole rings is 1. The Hall–Kier alpha value is -0.580. The Morgan fingerprint density at radius 2 is 1.48 bits per heavy atom. The van der Waals surface area contributed by atoms with Crippen molar-refractivity contribution < 1.29 is 5.11 Å². The van der Waals surface area contributed by atoms with Gasteiger partial charge in [0.05, 0.1) is 16.3 Å². The summed E-state index contributed by atoms with van der Waals surface area (Å²) < 4.78 is 2.31. The van der Waals surface area contributed by atoms with E-state index in [0.29, 0.717) is 0 Å². The fourth-order valence-electron chi connectivity index (χ4n) is 3.38. The van der Waals surface area contributed by atoms with Crippen LogP contribution in [0.2, 0.25) is 0 Å². The van der Waals surface area contributed by atoms with Crippen molar-refractivity contribution in [2.24, 2.45) is 0 Å². The second-order valence-corrected chi connectivity index (χ2v) is 9.89. The van der Waals surface area contributed by atoms with Crippen molar-refractivity contribution in [2.75, 3.05) is 5.75 Å². The largest absolute Gasteiger partial charge is 0.392 e. The van der Waals surface area contributed by atoms with E-state index in [1.54, 1.807) is 23.1 Å². The van der Waals surface area contributed by atoms with Gasteiger partial charge in [-0.3, -0.25) is 0 Å². The normalized spacial score (nSPS) is 12.7. The van der Waals surface area contributed by atoms with Gasteiger partial charge in [-0.2, -0.15) is 0 Å². The Morgan fingerprint density at radius 3 is 2.11 bits per heavy atom. The highest BCUT2D eigenvalue weighted by Gasteiger charge is 2.08. The van der Waals surface area contributed by atoms with E-state index >= 15 is 0 Å². The second-order valence-electron chi connectivity index (χ2n) is 7.59. The highest BCUT2D eigenvalue weighted by Crippen LogP contribution is 2.30. The first kappa shape index (κ1) is 22.7. The molecule has 27 heavy (non-hydrogen) atoms. The molecule has 0 fully saturated rings. The number of hydrogen-bond acceptors (Lipinski definition) is 4. The number of aromatic nitrogens is 1. The lowest BCUT2D eigenvalue weighted by molar-refractivity contribution is 0.185. The van der Waals surface area contributed by atoms with E-state index in [0.717, 1.165) is 28.5 Å². The molecule has 1 aromatic carbocycles. The number of rotatable bonds is 16. The molecule has 0 saturated carbocycles. The van der Waals surface area contributed by atoms with Crippen molar-refractivity contribution in [1.29, 1.82) is 0 Å². The van der Waals surface area contributed by atoms with Gasteiger partial charge in [0, 0.05) is 5.75 Å². The number of unbranched alkanes of at least 4 members (excludes halogenated alkanes) is 11. The molecule has 2 aromatic rings. The number of fused-ring (bicyclic) bond motifs is 1. The number of benzene rings is 1. The molecule has 0 radical (unpaired) electrons. The van der Waals surface area contributed by atoms with Gasteiger partial charge in [0.1, 0.15) is 0 Å². The Kier molecular flexibility index (Phi) is 12.1. The third-order valence-electron chi connectivity index (χ3n) is 5.06. The first-order chi connectivity index (χ1) is 13.3. The van der Waals surface area contributed by atoms with Crippen LogP contribution in [0.3, 0.4) is 0 Å². The summed E-state index contributed by atoms with van der Waals surface area (Å²) in [7, 11) is 0. The van der Waals surface area contributed by atoms with Crippen LogP contribution in [-0.2, 0) is 0 Å². The first-order valence-corrected chi connectivity index (χ1v) is 12.8. The van der Waals surface area contributed by atoms with Gasteiger partial charge in [0.15, 0.2) is 4.34 Å². The molecule has 152 valence electrons. The molecular weight excluding hydrogens is 370 g/mol. The second kappa shape index (κ2) is 14.4. The van der Waals surface area contributed by atoms with Crippen LogP contribution < -0.4 is 0 Å². The van der Waals surface area contributed by atoms with Gasteiger partial charge in [-0.05, 0) is 18.6 Å². The summed E-state index contributed by atoms with van der Waals surface area (Å²) >= 11 is 3.42. The van der Waals surface area contributed by atoms with Crippen LogP contribution in [0.1, 0.15) is 90.4 Å². The summed E-state index contributed by atoms with van der Waals surface area (Å²) in [6.07, 6.45) is 17.1. The fraction of sp³-hybridized carbons (Fsp3) is 0.696. The van der Waals surface area contributed by atoms with Crippen molar-refractivity contribution in [1.82, 2.24) is 4.98 Å². The summed E-state index contributed by atoms with van der Waals surface area (Å²) in [5.74, 6) is 0.762. The van der Waals surface area contributed by atoms with E-state index in [4.69, 9.17) is 0 Å². The quantitative estimate of drug-likeness (QED) is 0.227. The molecule has 0 aliphatic rings. The predicted molar refractivity (Wildman–Crippen MR) is 122 cm³/mol. The molecule has 0 aliphatic heterocycles. The molecule has 4 heteroatoms. The minimum absolute atomic E-state index is 0.204. The number of nitrogens with zero attached hydrogens (tertiary/aromatic N) is 1. The third kappa shape index (κ3) is 9.96. The summed E-state index contributed by atoms with van der Waals surface area (Å²) in [4.78, 5) is 4.62. The Labute approximate surface area is 174 Å².